The number of hydrogen-bond acceptors (Lipinski definition) is 5. The van der Waals surface area contributed by atoms with E-state index in [2.05, 4.69) is 44.4 Å². The Morgan fingerprint density at radius 2 is 1.66 bits per heavy atom. The Morgan fingerprint density at radius 1 is 0.947 bits per heavy atom. The lowest BCUT2D eigenvalue weighted by Crippen LogP contribution is -2.30. The fraction of sp³-hybridized carbons (Fsp3) is 0.323. The van der Waals surface area contributed by atoms with Gasteiger partial charge in [0.25, 0.3) is 5.91 Å². The van der Waals surface area contributed by atoms with E-state index in [1.54, 1.807) is 31.4 Å². The summed E-state index contributed by atoms with van der Waals surface area (Å²) in [6, 6.07) is 16.7. The van der Waals surface area contributed by atoms with Crippen molar-refractivity contribution in [3.8, 4) is 11.5 Å². The monoisotopic (exact) mass is 511 g/mol. The van der Waals surface area contributed by atoms with Crippen LogP contribution < -0.4 is 20.1 Å². The number of amides is 2. The fourth-order valence-electron chi connectivity index (χ4n) is 5.32. The summed E-state index contributed by atoms with van der Waals surface area (Å²) in [7, 11) is 1.68. The van der Waals surface area contributed by atoms with Crippen LogP contribution in [0.15, 0.2) is 59.6 Å². The van der Waals surface area contributed by atoms with E-state index < -0.39 is 0 Å². The van der Waals surface area contributed by atoms with Crippen LogP contribution in [0.25, 0.3) is 0 Å². The third-order valence-corrected chi connectivity index (χ3v) is 6.74. The van der Waals surface area contributed by atoms with Gasteiger partial charge in [0, 0.05) is 47.0 Å². The second kappa shape index (κ2) is 9.31. The van der Waals surface area contributed by atoms with Crippen LogP contribution in [-0.4, -0.2) is 35.8 Å². The Bertz CT molecular complexity index is 1490. The molecular weight excluding hydrogens is 478 g/mol. The molecule has 5 rings (SSSR count). The zero-order valence-corrected chi connectivity index (χ0v) is 22.7. The van der Waals surface area contributed by atoms with Gasteiger partial charge in [0.05, 0.1) is 18.4 Å². The SMILES string of the molecule is COc1cc2c(c3c1OC(C)(C)C3)C(c1cccc(NC(=O)c3cccc(NC(C)=O)c3)c1)=NC(C)(C)C2. The molecule has 7 nitrogen and oxygen atoms in total. The molecule has 0 saturated heterocycles. The number of anilines is 2. The number of ether oxygens (including phenoxy) is 2. The van der Waals surface area contributed by atoms with Crippen LogP contribution in [0, 0.1) is 0 Å². The number of benzene rings is 3. The molecule has 3 aromatic rings. The largest absolute Gasteiger partial charge is 0.493 e. The van der Waals surface area contributed by atoms with Crippen molar-refractivity contribution in [2.24, 2.45) is 4.99 Å². The number of rotatable bonds is 5. The molecule has 38 heavy (non-hydrogen) atoms. The van der Waals surface area contributed by atoms with E-state index in [4.69, 9.17) is 14.5 Å². The van der Waals surface area contributed by atoms with Gasteiger partial charge >= 0.3 is 0 Å². The third-order valence-electron chi connectivity index (χ3n) is 6.74. The molecule has 0 atom stereocenters. The highest BCUT2D eigenvalue weighted by Crippen LogP contribution is 2.47. The van der Waals surface area contributed by atoms with Gasteiger partial charge in [-0.1, -0.05) is 18.2 Å². The van der Waals surface area contributed by atoms with Crippen LogP contribution in [0.1, 0.15) is 67.2 Å². The molecule has 0 aliphatic carbocycles. The maximum absolute atomic E-state index is 13.1. The minimum absolute atomic E-state index is 0.190. The van der Waals surface area contributed by atoms with Crippen molar-refractivity contribution in [3.05, 3.63) is 82.4 Å². The van der Waals surface area contributed by atoms with Crippen LogP contribution in [0.3, 0.4) is 0 Å². The third kappa shape index (κ3) is 5.01. The van der Waals surface area contributed by atoms with E-state index in [-0.39, 0.29) is 23.0 Å². The van der Waals surface area contributed by atoms with Crippen molar-refractivity contribution >= 4 is 28.9 Å². The summed E-state index contributed by atoms with van der Waals surface area (Å²) in [5, 5.41) is 5.71. The number of fused-ring (bicyclic) bond motifs is 3. The van der Waals surface area contributed by atoms with Gasteiger partial charge in [-0.05, 0) is 76.1 Å². The van der Waals surface area contributed by atoms with E-state index in [0.717, 1.165) is 46.7 Å². The fourth-order valence-corrected chi connectivity index (χ4v) is 5.32. The van der Waals surface area contributed by atoms with Gasteiger partial charge in [-0.3, -0.25) is 14.6 Å². The van der Waals surface area contributed by atoms with E-state index in [1.165, 1.54) is 12.5 Å². The lowest BCUT2D eigenvalue weighted by Gasteiger charge is -2.31. The molecule has 2 aliphatic rings. The maximum Gasteiger partial charge on any atom is 0.255 e. The number of aliphatic imine (C=N–C) groups is 1. The van der Waals surface area contributed by atoms with Gasteiger partial charge in [-0.25, -0.2) is 0 Å². The number of nitrogens with one attached hydrogen (secondary N) is 2. The highest BCUT2D eigenvalue weighted by Gasteiger charge is 2.39. The highest BCUT2D eigenvalue weighted by atomic mass is 16.5. The minimum Gasteiger partial charge on any atom is -0.493 e. The molecule has 2 heterocycles. The van der Waals surface area contributed by atoms with Crippen LogP contribution in [-0.2, 0) is 17.6 Å². The average molecular weight is 512 g/mol. The van der Waals surface area contributed by atoms with Crippen LogP contribution in [0.5, 0.6) is 11.5 Å². The molecule has 0 radical (unpaired) electrons. The Balaban J connectivity index is 1.52. The quantitative estimate of drug-likeness (QED) is 0.454. The summed E-state index contributed by atoms with van der Waals surface area (Å²) < 4.78 is 12.0. The number of hydrogen-bond donors (Lipinski definition) is 2. The second-order valence-corrected chi connectivity index (χ2v) is 11.2. The highest BCUT2D eigenvalue weighted by molar-refractivity contribution is 6.17. The van der Waals surface area contributed by atoms with Gasteiger partial charge in [-0.15, -0.1) is 0 Å². The zero-order valence-electron chi connectivity index (χ0n) is 22.7. The number of carbonyl (C=O) groups excluding carboxylic acids is 2. The Hall–Kier alpha value is -4.13. The van der Waals surface area contributed by atoms with Crippen LogP contribution in [0.2, 0.25) is 0 Å². The average Bonchev–Trinajstić information content (AvgIpc) is 3.17. The Kier molecular flexibility index (Phi) is 6.25. The molecule has 0 saturated carbocycles. The van der Waals surface area contributed by atoms with E-state index >= 15 is 0 Å². The molecule has 3 aromatic carbocycles. The van der Waals surface area contributed by atoms with Crippen molar-refractivity contribution < 1.29 is 19.1 Å². The van der Waals surface area contributed by atoms with Crippen LogP contribution in [0.4, 0.5) is 11.4 Å². The van der Waals surface area contributed by atoms with Gasteiger partial charge in [0.15, 0.2) is 11.5 Å². The van der Waals surface area contributed by atoms with Crippen molar-refractivity contribution in [2.75, 3.05) is 17.7 Å². The molecule has 0 bridgehead atoms. The topological polar surface area (TPSA) is 89.0 Å². The first-order valence-corrected chi connectivity index (χ1v) is 12.8. The van der Waals surface area contributed by atoms with Gasteiger partial charge < -0.3 is 20.1 Å². The minimum atomic E-state index is -0.343. The van der Waals surface area contributed by atoms with E-state index in [0.29, 0.717) is 16.9 Å². The lowest BCUT2D eigenvalue weighted by molar-refractivity contribution is -0.114. The first-order valence-electron chi connectivity index (χ1n) is 12.8. The molecular formula is C31H33N3O4. The standard InChI is InChI=1S/C31H33N3O4/c1-18(35)32-22-11-8-10-20(14-22)29(36)33-23-12-7-9-19(13-23)27-26-21(16-30(2,3)34-27)15-25(37-6)28-24(26)17-31(4,5)38-28/h7-15H,16-17H2,1-6H3,(H,32,35)(H,33,36). The van der Waals surface area contributed by atoms with Crippen molar-refractivity contribution in [1.29, 1.82) is 0 Å². The van der Waals surface area contributed by atoms with Gasteiger partial charge in [0.2, 0.25) is 5.91 Å². The molecule has 196 valence electrons. The Morgan fingerprint density at radius 3 is 2.37 bits per heavy atom. The van der Waals surface area contributed by atoms with Crippen molar-refractivity contribution in [2.45, 2.75) is 58.6 Å². The van der Waals surface area contributed by atoms with Gasteiger partial charge in [0.1, 0.15) is 5.60 Å². The first kappa shape index (κ1) is 25.5. The normalized spacial score (nSPS) is 16.4. The molecule has 0 fully saturated rings. The molecule has 7 heteroatoms. The number of nitrogens with zero attached hydrogens (tertiary/aromatic N) is 1. The smallest absolute Gasteiger partial charge is 0.255 e. The Labute approximate surface area is 223 Å². The maximum atomic E-state index is 13.1. The summed E-state index contributed by atoms with van der Waals surface area (Å²) in [4.78, 5) is 29.7. The van der Waals surface area contributed by atoms with Crippen molar-refractivity contribution in [3.63, 3.8) is 0 Å². The molecule has 0 spiro atoms. The molecule has 2 N–H and O–H groups in total. The molecule has 2 amide bonds. The molecule has 2 aliphatic heterocycles. The van der Waals surface area contributed by atoms with E-state index in [9.17, 15) is 9.59 Å². The number of methoxy groups -OCH3 is 1. The first-order chi connectivity index (χ1) is 17.9. The van der Waals surface area contributed by atoms with E-state index in [1.807, 2.05) is 24.3 Å². The predicted molar refractivity (Wildman–Crippen MR) is 150 cm³/mol. The predicted octanol–water partition coefficient (Wildman–Crippen LogP) is 5.79. The summed E-state index contributed by atoms with van der Waals surface area (Å²) >= 11 is 0. The summed E-state index contributed by atoms with van der Waals surface area (Å²) in [6.07, 6.45) is 1.54. The summed E-state index contributed by atoms with van der Waals surface area (Å²) in [5.74, 6) is 1.09. The lowest BCUT2D eigenvalue weighted by atomic mass is 9.81. The van der Waals surface area contributed by atoms with Crippen LogP contribution >= 0.6 is 0 Å². The van der Waals surface area contributed by atoms with Crippen molar-refractivity contribution in [1.82, 2.24) is 0 Å². The molecule has 0 unspecified atom stereocenters. The van der Waals surface area contributed by atoms with Gasteiger partial charge in [-0.2, -0.15) is 0 Å². The second-order valence-electron chi connectivity index (χ2n) is 11.2. The number of carbonyl (C=O) groups is 2. The zero-order chi connectivity index (χ0) is 27.2. The molecule has 0 aromatic heterocycles. The summed E-state index contributed by atoms with van der Waals surface area (Å²) in [6.45, 7) is 9.86. The summed E-state index contributed by atoms with van der Waals surface area (Å²) in [5.41, 5.74) is 6.23.